The molecule has 0 aliphatic carbocycles. The average Bonchev–Trinajstić information content (AvgIpc) is 3.13. The lowest BCUT2D eigenvalue weighted by atomic mass is 10.2. The van der Waals surface area contributed by atoms with Crippen molar-refractivity contribution in [3.8, 4) is 0 Å². The van der Waals surface area contributed by atoms with Gasteiger partial charge in [-0.3, -0.25) is 0 Å². The molecule has 1 aliphatic rings. The summed E-state index contributed by atoms with van der Waals surface area (Å²) in [6, 6.07) is 4.16. The van der Waals surface area contributed by atoms with E-state index in [1.807, 2.05) is 42.1 Å². The first-order valence-corrected chi connectivity index (χ1v) is 8.72. The number of nitrogens with zero attached hydrogens (tertiary/aromatic N) is 4. The minimum absolute atomic E-state index is 0.874. The highest BCUT2D eigenvalue weighted by Crippen LogP contribution is 2.37. The summed E-state index contributed by atoms with van der Waals surface area (Å²) in [4.78, 5) is 15.4. The van der Waals surface area contributed by atoms with Crippen molar-refractivity contribution in [1.82, 2.24) is 19.5 Å². The normalized spacial score (nSPS) is 15.4. The van der Waals surface area contributed by atoms with Gasteiger partial charge in [-0.25, -0.2) is 9.97 Å². The molecule has 3 aromatic rings. The lowest BCUT2D eigenvalue weighted by Gasteiger charge is -2.27. The van der Waals surface area contributed by atoms with Crippen LogP contribution in [0.2, 0.25) is 0 Å². The number of aromatic amines is 1. The van der Waals surface area contributed by atoms with Crippen LogP contribution in [0.5, 0.6) is 0 Å². The smallest absolute Gasteiger partial charge is 0.148 e. The number of imidazole rings is 1. The van der Waals surface area contributed by atoms with E-state index >= 15 is 0 Å². The number of aryl methyl sites for hydroxylation is 1. The van der Waals surface area contributed by atoms with Gasteiger partial charge in [-0.05, 0) is 28.1 Å². The summed E-state index contributed by atoms with van der Waals surface area (Å²) in [5, 5.41) is 1.16. The summed E-state index contributed by atoms with van der Waals surface area (Å²) in [7, 11) is 2.01. The van der Waals surface area contributed by atoms with E-state index in [-0.39, 0.29) is 0 Å². The van der Waals surface area contributed by atoms with E-state index in [2.05, 4.69) is 54.1 Å². The number of halogens is 1. The van der Waals surface area contributed by atoms with Crippen LogP contribution in [0, 0.1) is 0 Å². The molecule has 0 amide bonds. The number of aromatic nitrogens is 4. The highest BCUT2D eigenvalue weighted by molar-refractivity contribution is 9.10. The molecule has 0 saturated carbocycles. The summed E-state index contributed by atoms with van der Waals surface area (Å²) < 4.78 is 2.91. The molecule has 0 bridgehead atoms. The van der Waals surface area contributed by atoms with Gasteiger partial charge in [-0.15, -0.1) is 11.8 Å². The number of hydrogen-bond donors (Lipinski definition) is 1. The van der Waals surface area contributed by atoms with Crippen LogP contribution in [0.25, 0.3) is 15.9 Å². The maximum atomic E-state index is 4.37. The van der Waals surface area contributed by atoms with Crippen LogP contribution in [0.3, 0.4) is 0 Å². The van der Waals surface area contributed by atoms with Gasteiger partial charge in [0.25, 0.3) is 0 Å². The maximum Gasteiger partial charge on any atom is 0.148 e. The lowest BCUT2D eigenvalue weighted by Crippen LogP contribution is -2.25. The van der Waals surface area contributed by atoms with E-state index in [1.165, 1.54) is 10.5 Å². The number of nitrogens with one attached hydrogen (secondary N) is 1. The fourth-order valence-corrected chi connectivity index (χ4v) is 4.35. The Bertz CT molecular complexity index is 846. The molecule has 0 spiro atoms. The third-order valence-corrected chi connectivity index (χ3v) is 5.31. The van der Waals surface area contributed by atoms with Crippen LogP contribution in [-0.2, 0) is 7.05 Å². The van der Waals surface area contributed by atoms with Crippen LogP contribution in [0.4, 0.5) is 5.82 Å². The number of rotatable bonds is 2. The van der Waals surface area contributed by atoms with E-state index in [0.717, 1.165) is 33.8 Å². The van der Waals surface area contributed by atoms with Crippen molar-refractivity contribution in [2.75, 3.05) is 17.2 Å². The Morgan fingerprint density at radius 3 is 3.05 bits per heavy atom. The number of hydrogen-bond acceptors (Lipinski definition) is 4. The van der Waals surface area contributed by atoms with Crippen LogP contribution < -0.4 is 4.90 Å². The van der Waals surface area contributed by atoms with E-state index in [4.69, 9.17) is 0 Å². The fourth-order valence-electron chi connectivity index (χ4n) is 2.70. The molecule has 5 nitrogen and oxygen atoms in total. The highest BCUT2D eigenvalue weighted by Gasteiger charge is 2.20. The van der Waals surface area contributed by atoms with Crippen molar-refractivity contribution in [3.63, 3.8) is 0 Å². The average molecular weight is 376 g/mol. The van der Waals surface area contributed by atoms with Crippen molar-refractivity contribution in [2.45, 2.75) is 0 Å². The minimum Gasteiger partial charge on any atom is -0.346 e. The van der Waals surface area contributed by atoms with Gasteiger partial charge in [-0.2, -0.15) is 0 Å². The largest absolute Gasteiger partial charge is 0.346 e. The van der Waals surface area contributed by atoms with Crippen LogP contribution >= 0.6 is 27.7 Å². The standard InChI is InChI=1S/C15H14BrN5S/c1-20-9-19-13(16)15(20)21-6-7-22-12(8-21)10-2-4-17-14-11(10)3-5-18-14/h2-5,8-9H,6-7H2,1H3,(H,17,18). The second-order valence-electron chi connectivity index (χ2n) is 5.10. The Morgan fingerprint density at radius 2 is 2.23 bits per heavy atom. The number of fused-ring (bicyclic) bond motifs is 1. The molecule has 22 heavy (non-hydrogen) atoms. The molecule has 112 valence electrons. The Morgan fingerprint density at radius 1 is 1.32 bits per heavy atom. The first kappa shape index (κ1) is 13.9. The third-order valence-electron chi connectivity index (χ3n) is 3.72. The highest BCUT2D eigenvalue weighted by atomic mass is 79.9. The van der Waals surface area contributed by atoms with Gasteiger partial charge in [0.2, 0.25) is 0 Å². The molecule has 0 radical (unpaired) electrons. The molecule has 0 atom stereocenters. The maximum absolute atomic E-state index is 4.37. The van der Waals surface area contributed by atoms with Crippen molar-refractivity contribution < 1.29 is 0 Å². The Labute approximate surface area is 140 Å². The number of anilines is 1. The topological polar surface area (TPSA) is 49.7 Å². The number of H-pyrrole nitrogens is 1. The predicted octanol–water partition coefficient (Wildman–Crippen LogP) is 3.61. The summed E-state index contributed by atoms with van der Waals surface area (Å²) in [5.41, 5.74) is 2.15. The van der Waals surface area contributed by atoms with E-state index in [9.17, 15) is 0 Å². The molecular weight excluding hydrogens is 362 g/mol. The van der Waals surface area contributed by atoms with Gasteiger partial charge in [0, 0.05) is 53.8 Å². The second-order valence-corrected chi connectivity index (χ2v) is 6.99. The molecule has 3 aromatic heterocycles. The van der Waals surface area contributed by atoms with Gasteiger partial charge in [-0.1, -0.05) is 0 Å². The summed E-state index contributed by atoms with van der Waals surface area (Å²) >= 11 is 5.42. The zero-order valence-electron chi connectivity index (χ0n) is 12.0. The molecule has 1 N–H and O–H groups in total. The molecule has 1 aliphatic heterocycles. The van der Waals surface area contributed by atoms with Crippen LogP contribution in [0.1, 0.15) is 5.56 Å². The molecule has 4 heterocycles. The quantitative estimate of drug-likeness (QED) is 0.743. The molecule has 0 fully saturated rings. The molecule has 0 unspecified atom stereocenters. The molecule has 0 aromatic carbocycles. The zero-order valence-corrected chi connectivity index (χ0v) is 14.4. The molecule has 0 saturated heterocycles. The second kappa shape index (κ2) is 5.48. The lowest BCUT2D eigenvalue weighted by molar-refractivity contribution is 0.861. The zero-order chi connectivity index (χ0) is 15.1. The Kier molecular flexibility index (Phi) is 3.46. The van der Waals surface area contributed by atoms with Gasteiger partial charge in [0.1, 0.15) is 16.1 Å². The van der Waals surface area contributed by atoms with Crippen molar-refractivity contribution >= 4 is 49.4 Å². The van der Waals surface area contributed by atoms with Crippen LogP contribution in [-0.4, -0.2) is 31.8 Å². The molecular formula is C15H14BrN5S. The van der Waals surface area contributed by atoms with Gasteiger partial charge in [0.15, 0.2) is 0 Å². The van der Waals surface area contributed by atoms with Gasteiger partial charge >= 0.3 is 0 Å². The number of pyridine rings is 1. The Balaban J connectivity index is 1.80. The monoisotopic (exact) mass is 375 g/mol. The van der Waals surface area contributed by atoms with Crippen molar-refractivity contribution in [1.29, 1.82) is 0 Å². The summed E-state index contributed by atoms with van der Waals surface area (Å²) in [6.07, 6.45) is 7.82. The van der Waals surface area contributed by atoms with Gasteiger partial charge < -0.3 is 14.5 Å². The molecule has 7 heteroatoms. The summed E-state index contributed by atoms with van der Waals surface area (Å²) in [6.45, 7) is 0.966. The predicted molar refractivity (Wildman–Crippen MR) is 94.8 cm³/mol. The fraction of sp³-hybridized carbons (Fsp3) is 0.200. The minimum atomic E-state index is 0.874. The summed E-state index contributed by atoms with van der Waals surface area (Å²) in [5.74, 6) is 2.12. The van der Waals surface area contributed by atoms with Crippen molar-refractivity contribution in [2.24, 2.45) is 7.05 Å². The van der Waals surface area contributed by atoms with E-state index in [0.29, 0.717) is 0 Å². The molecule has 4 rings (SSSR count). The van der Waals surface area contributed by atoms with E-state index < -0.39 is 0 Å². The number of thioether (sulfide) groups is 1. The van der Waals surface area contributed by atoms with Crippen molar-refractivity contribution in [3.05, 3.63) is 47.2 Å². The third kappa shape index (κ3) is 2.24. The first-order valence-electron chi connectivity index (χ1n) is 6.94. The van der Waals surface area contributed by atoms with E-state index in [1.54, 1.807) is 0 Å². The SMILES string of the molecule is Cn1cnc(Br)c1N1C=C(c2ccnc3[nH]ccc23)SCC1. The van der Waals surface area contributed by atoms with Gasteiger partial charge in [0.05, 0.1) is 6.33 Å². The van der Waals surface area contributed by atoms with Crippen LogP contribution in [0.15, 0.2) is 41.7 Å². The Hall–Kier alpha value is -1.73. The first-order chi connectivity index (χ1) is 10.7.